The van der Waals surface area contributed by atoms with Crippen LogP contribution in [0.1, 0.15) is 85.7 Å². The molecule has 1 aliphatic heterocycles. The highest BCUT2D eigenvalue weighted by Gasteiger charge is 2.37. The zero-order chi connectivity index (χ0) is 22.7. The molecule has 2 fully saturated rings. The van der Waals surface area contributed by atoms with E-state index in [0.29, 0.717) is 37.5 Å². The molecule has 174 valence electrons. The molecule has 4 rings (SSSR count). The van der Waals surface area contributed by atoms with Gasteiger partial charge < -0.3 is 14.9 Å². The summed E-state index contributed by atoms with van der Waals surface area (Å²) in [4.78, 5) is 42.1. The largest absolute Gasteiger partial charge is 0.477 e. The lowest BCUT2D eigenvalue weighted by Gasteiger charge is -2.39. The van der Waals surface area contributed by atoms with E-state index in [9.17, 15) is 19.5 Å². The summed E-state index contributed by atoms with van der Waals surface area (Å²) in [7, 11) is 0. The van der Waals surface area contributed by atoms with Gasteiger partial charge in [-0.1, -0.05) is 13.0 Å². The van der Waals surface area contributed by atoms with E-state index < -0.39 is 5.97 Å². The van der Waals surface area contributed by atoms with E-state index in [-0.39, 0.29) is 22.7 Å². The van der Waals surface area contributed by atoms with Crippen molar-refractivity contribution in [2.45, 2.75) is 77.2 Å². The van der Waals surface area contributed by atoms with Gasteiger partial charge in [0.05, 0.1) is 5.69 Å². The number of carbonyl (C=O) groups is 3. The molecule has 1 saturated heterocycles. The molecule has 1 aromatic heterocycles. The highest BCUT2D eigenvalue weighted by Crippen LogP contribution is 2.41. The topological polar surface area (TPSA) is 77.9 Å². The molecular formula is C25H34N2O4S. The molecule has 2 amide bonds. The second-order valence-corrected chi connectivity index (χ2v) is 10.7. The molecule has 7 heteroatoms. The first-order valence-corrected chi connectivity index (χ1v) is 12.9. The van der Waals surface area contributed by atoms with E-state index in [1.165, 1.54) is 23.3 Å². The predicted octanol–water partition coefficient (Wildman–Crippen LogP) is 5.18. The fourth-order valence-electron chi connectivity index (χ4n) is 5.38. The lowest BCUT2D eigenvalue weighted by molar-refractivity contribution is -0.124. The van der Waals surface area contributed by atoms with Crippen LogP contribution in [-0.2, 0) is 9.59 Å². The normalized spacial score (nSPS) is 24.7. The van der Waals surface area contributed by atoms with Crippen molar-refractivity contribution in [2.24, 2.45) is 11.8 Å². The van der Waals surface area contributed by atoms with Gasteiger partial charge in [-0.15, -0.1) is 11.3 Å². The van der Waals surface area contributed by atoms with Gasteiger partial charge in [0.1, 0.15) is 4.88 Å². The number of amides is 2. The van der Waals surface area contributed by atoms with Gasteiger partial charge in [0.25, 0.3) is 0 Å². The standard InChI is InChI=1S/C25H34N2O4S/c1-17-7-9-19(10-8-17)24(29)27(20-11-13-26(16-28)14-12-20)21-15-22(32-23(21)25(30)31)18-5-3-2-4-6-18/h5,15-17,19-20H,2-4,6-14H2,1H3,(H,30,31). The van der Waals surface area contributed by atoms with E-state index >= 15 is 0 Å². The number of carboxylic acid groups (broad SMARTS) is 1. The van der Waals surface area contributed by atoms with Gasteiger partial charge in [-0.3, -0.25) is 9.59 Å². The van der Waals surface area contributed by atoms with Crippen LogP contribution in [0.3, 0.4) is 0 Å². The maximum absolute atomic E-state index is 13.9. The number of hydrogen-bond acceptors (Lipinski definition) is 4. The lowest BCUT2D eigenvalue weighted by atomic mass is 9.82. The number of hydrogen-bond donors (Lipinski definition) is 1. The van der Waals surface area contributed by atoms with Crippen LogP contribution in [0.4, 0.5) is 5.69 Å². The smallest absolute Gasteiger partial charge is 0.348 e. The molecule has 6 nitrogen and oxygen atoms in total. The minimum absolute atomic E-state index is 0.0470. The highest BCUT2D eigenvalue weighted by atomic mass is 32.1. The molecule has 1 aromatic rings. The molecule has 3 aliphatic rings. The van der Waals surface area contributed by atoms with Crippen LogP contribution in [0.25, 0.3) is 5.57 Å². The summed E-state index contributed by atoms with van der Waals surface area (Å²) in [5.74, 6) is -0.294. The Morgan fingerprint density at radius 2 is 1.84 bits per heavy atom. The molecule has 1 saturated carbocycles. The monoisotopic (exact) mass is 458 g/mol. The maximum atomic E-state index is 13.9. The Morgan fingerprint density at radius 1 is 1.12 bits per heavy atom. The van der Waals surface area contributed by atoms with Crippen molar-refractivity contribution >= 4 is 40.9 Å². The number of likely N-dealkylation sites (tertiary alicyclic amines) is 1. The first-order valence-electron chi connectivity index (χ1n) is 12.1. The van der Waals surface area contributed by atoms with E-state index in [1.54, 1.807) is 4.90 Å². The number of aromatic carboxylic acids is 1. The quantitative estimate of drug-likeness (QED) is 0.596. The van der Waals surface area contributed by atoms with Gasteiger partial charge in [-0.05, 0) is 81.8 Å². The first-order chi connectivity index (χ1) is 15.5. The molecule has 0 spiro atoms. The van der Waals surface area contributed by atoms with Gasteiger partial charge in [0.2, 0.25) is 12.3 Å². The summed E-state index contributed by atoms with van der Waals surface area (Å²) in [6.07, 6.45) is 12.6. The van der Waals surface area contributed by atoms with Crippen molar-refractivity contribution in [3.05, 3.63) is 21.9 Å². The summed E-state index contributed by atoms with van der Waals surface area (Å²) in [5, 5.41) is 10.0. The van der Waals surface area contributed by atoms with Gasteiger partial charge in [-0.2, -0.15) is 0 Å². The van der Waals surface area contributed by atoms with Crippen LogP contribution >= 0.6 is 11.3 Å². The average molecular weight is 459 g/mol. The number of rotatable bonds is 6. The highest BCUT2D eigenvalue weighted by molar-refractivity contribution is 7.15. The Bertz CT molecular complexity index is 877. The van der Waals surface area contributed by atoms with E-state index in [0.717, 1.165) is 56.2 Å². The van der Waals surface area contributed by atoms with Crippen LogP contribution in [0, 0.1) is 11.8 Å². The SMILES string of the molecule is CC1CCC(C(=O)N(c2cc(C3=CCCCC3)sc2C(=O)O)C2CCN(C=O)CC2)CC1. The van der Waals surface area contributed by atoms with E-state index in [1.807, 2.05) is 11.0 Å². The summed E-state index contributed by atoms with van der Waals surface area (Å²) in [6, 6.07) is 1.89. The van der Waals surface area contributed by atoms with Gasteiger partial charge >= 0.3 is 5.97 Å². The first kappa shape index (κ1) is 23.0. The average Bonchev–Trinajstić information content (AvgIpc) is 3.26. The Hall–Kier alpha value is -2.15. The number of carboxylic acids is 1. The van der Waals surface area contributed by atoms with Crippen LogP contribution in [-0.4, -0.2) is 47.4 Å². The van der Waals surface area contributed by atoms with Crippen LogP contribution in [0.5, 0.6) is 0 Å². The molecule has 0 aromatic carbocycles. The molecular weight excluding hydrogens is 424 g/mol. The van der Waals surface area contributed by atoms with Crippen molar-refractivity contribution in [3.8, 4) is 0 Å². The third-order valence-electron chi connectivity index (χ3n) is 7.39. The molecule has 32 heavy (non-hydrogen) atoms. The van der Waals surface area contributed by atoms with E-state index in [2.05, 4.69) is 13.0 Å². The zero-order valence-electron chi connectivity index (χ0n) is 18.9. The van der Waals surface area contributed by atoms with Crippen molar-refractivity contribution in [3.63, 3.8) is 0 Å². The molecule has 2 heterocycles. The Morgan fingerprint density at radius 3 is 2.44 bits per heavy atom. The molecule has 0 unspecified atom stereocenters. The predicted molar refractivity (Wildman–Crippen MR) is 127 cm³/mol. The van der Waals surface area contributed by atoms with Crippen LogP contribution in [0.2, 0.25) is 0 Å². The summed E-state index contributed by atoms with van der Waals surface area (Å²) in [6.45, 7) is 3.44. The Kier molecular flexibility index (Phi) is 7.33. The second-order valence-electron chi connectivity index (χ2n) is 9.64. The molecule has 0 atom stereocenters. The second kappa shape index (κ2) is 10.2. The Balaban J connectivity index is 1.69. The number of allylic oxidation sites excluding steroid dienone is 2. The van der Waals surface area contributed by atoms with Crippen molar-refractivity contribution < 1.29 is 19.5 Å². The number of piperidine rings is 1. The minimum atomic E-state index is -0.965. The number of thiophene rings is 1. The molecule has 0 bridgehead atoms. The fraction of sp³-hybridized carbons (Fsp3) is 0.640. The Labute approximate surface area is 194 Å². The number of nitrogens with zero attached hydrogens (tertiary/aromatic N) is 2. The van der Waals surface area contributed by atoms with Crippen LogP contribution < -0.4 is 4.90 Å². The summed E-state index contributed by atoms with van der Waals surface area (Å²) in [5.41, 5.74) is 1.78. The summed E-state index contributed by atoms with van der Waals surface area (Å²) < 4.78 is 0. The molecule has 0 radical (unpaired) electrons. The van der Waals surface area contributed by atoms with Crippen molar-refractivity contribution in [1.29, 1.82) is 0 Å². The zero-order valence-corrected chi connectivity index (χ0v) is 19.7. The van der Waals surface area contributed by atoms with Gasteiger partial charge in [0.15, 0.2) is 0 Å². The van der Waals surface area contributed by atoms with Crippen molar-refractivity contribution in [1.82, 2.24) is 4.90 Å². The number of anilines is 1. The number of carbonyl (C=O) groups excluding carboxylic acids is 2. The minimum Gasteiger partial charge on any atom is -0.477 e. The third kappa shape index (κ3) is 4.92. The lowest BCUT2D eigenvalue weighted by Crippen LogP contribution is -2.50. The van der Waals surface area contributed by atoms with Gasteiger partial charge in [0, 0.05) is 29.9 Å². The van der Waals surface area contributed by atoms with Crippen molar-refractivity contribution in [2.75, 3.05) is 18.0 Å². The maximum Gasteiger partial charge on any atom is 0.348 e. The van der Waals surface area contributed by atoms with Crippen LogP contribution in [0.15, 0.2) is 12.1 Å². The molecule has 1 N–H and O–H groups in total. The summed E-state index contributed by atoms with van der Waals surface area (Å²) >= 11 is 1.31. The third-order valence-corrected chi connectivity index (χ3v) is 8.58. The van der Waals surface area contributed by atoms with E-state index in [4.69, 9.17) is 0 Å². The molecule has 2 aliphatic carbocycles. The fourth-order valence-corrected chi connectivity index (χ4v) is 6.44. The van der Waals surface area contributed by atoms with Gasteiger partial charge in [-0.25, -0.2) is 4.79 Å².